The van der Waals surface area contributed by atoms with Crippen LogP contribution in [0.25, 0.3) is 5.69 Å². The molecule has 1 aliphatic rings. The third kappa shape index (κ3) is 3.55. The predicted octanol–water partition coefficient (Wildman–Crippen LogP) is 3.38. The second kappa shape index (κ2) is 7.41. The summed E-state index contributed by atoms with van der Waals surface area (Å²) < 4.78 is 25.0. The Balaban J connectivity index is 1.63. The van der Waals surface area contributed by atoms with Gasteiger partial charge in [-0.25, -0.2) is 13.6 Å². The van der Waals surface area contributed by atoms with E-state index in [-0.39, 0.29) is 16.7 Å². The quantitative estimate of drug-likeness (QED) is 0.638. The van der Waals surface area contributed by atoms with E-state index in [9.17, 15) is 13.2 Å². The minimum absolute atomic E-state index is 0.0618. The Bertz CT molecular complexity index is 1230. The molecule has 2 aromatic carbocycles. The summed E-state index contributed by atoms with van der Waals surface area (Å²) in [4.78, 5) is 15.4. The number of aromatic nitrogens is 1. The van der Waals surface area contributed by atoms with Crippen molar-refractivity contribution in [2.45, 2.75) is 38.1 Å². The van der Waals surface area contributed by atoms with Crippen LogP contribution in [-0.4, -0.2) is 31.4 Å². The number of aryl methyl sites for hydroxylation is 1. The lowest BCUT2D eigenvalue weighted by Crippen LogP contribution is -2.34. The van der Waals surface area contributed by atoms with Gasteiger partial charge in [-0.15, -0.1) is 0 Å². The molecule has 156 valence electrons. The molecule has 2 N–H and O–H groups in total. The van der Waals surface area contributed by atoms with Gasteiger partial charge in [0, 0.05) is 34.4 Å². The number of carbonyl (C=O) groups is 1. The highest BCUT2D eigenvalue weighted by Crippen LogP contribution is 2.32. The summed E-state index contributed by atoms with van der Waals surface area (Å²) in [5, 5.41) is 5.19. The monoisotopic (exact) mass is 423 g/mol. The SMILES string of the molecule is Cc1cc(C(=O)CN2c3ccccc3CC2C)c(C)n1-c1ccc(S(N)(=O)=O)cc1. The molecule has 0 radical (unpaired) electrons. The molecule has 0 fully saturated rings. The number of hydrogen-bond acceptors (Lipinski definition) is 4. The molecule has 1 unspecified atom stereocenters. The smallest absolute Gasteiger partial charge is 0.238 e. The number of ketones is 1. The van der Waals surface area contributed by atoms with Crippen molar-refractivity contribution >= 4 is 21.5 Å². The zero-order valence-electron chi connectivity index (χ0n) is 17.3. The van der Waals surface area contributed by atoms with Crippen molar-refractivity contribution in [3.63, 3.8) is 0 Å². The molecule has 1 atom stereocenters. The zero-order valence-corrected chi connectivity index (χ0v) is 18.1. The largest absolute Gasteiger partial charge is 0.361 e. The van der Waals surface area contributed by atoms with Gasteiger partial charge in [0.15, 0.2) is 5.78 Å². The Morgan fingerprint density at radius 1 is 1.10 bits per heavy atom. The van der Waals surface area contributed by atoms with Crippen LogP contribution in [0.3, 0.4) is 0 Å². The third-order valence-corrected chi connectivity index (χ3v) is 6.75. The number of benzene rings is 2. The van der Waals surface area contributed by atoms with E-state index in [0.717, 1.165) is 29.2 Å². The first-order valence-electron chi connectivity index (χ1n) is 9.86. The maximum absolute atomic E-state index is 13.2. The van der Waals surface area contributed by atoms with Crippen LogP contribution in [0, 0.1) is 13.8 Å². The molecule has 0 amide bonds. The predicted molar refractivity (Wildman–Crippen MR) is 118 cm³/mol. The molecule has 0 bridgehead atoms. The molecule has 4 rings (SSSR count). The number of anilines is 1. The zero-order chi connectivity index (χ0) is 21.6. The molecule has 0 spiro atoms. The molecule has 3 aromatic rings. The molecule has 7 heteroatoms. The van der Waals surface area contributed by atoms with Gasteiger partial charge in [0.05, 0.1) is 11.4 Å². The third-order valence-electron chi connectivity index (χ3n) is 5.82. The molecule has 0 saturated carbocycles. The van der Waals surface area contributed by atoms with Crippen molar-refractivity contribution in [1.29, 1.82) is 0 Å². The second-order valence-corrected chi connectivity index (χ2v) is 9.45. The number of para-hydroxylation sites is 1. The van der Waals surface area contributed by atoms with Crippen molar-refractivity contribution < 1.29 is 13.2 Å². The fraction of sp³-hybridized carbons (Fsp3) is 0.261. The maximum Gasteiger partial charge on any atom is 0.238 e. The van der Waals surface area contributed by atoms with Gasteiger partial charge in [-0.2, -0.15) is 0 Å². The van der Waals surface area contributed by atoms with E-state index in [4.69, 9.17) is 5.14 Å². The van der Waals surface area contributed by atoms with Crippen LogP contribution in [0.5, 0.6) is 0 Å². The van der Waals surface area contributed by atoms with Gasteiger partial charge in [-0.1, -0.05) is 18.2 Å². The minimum atomic E-state index is -3.74. The second-order valence-electron chi connectivity index (χ2n) is 7.89. The van der Waals surface area contributed by atoms with Crippen molar-refractivity contribution in [1.82, 2.24) is 4.57 Å². The van der Waals surface area contributed by atoms with E-state index >= 15 is 0 Å². The Morgan fingerprint density at radius 3 is 2.43 bits per heavy atom. The van der Waals surface area contributed by atoms with Crippen LogP contribution in [-0.2, 0) is 16.4 Å². The number of fused-ring (bicyclic) bond motifs is 1. The number of hydrogen-bond donors (Lipinski definition) is 1. The molecule has 0 saturated heterocycles. The number of nitrogens with two attached hydrogens (primary N) is 1. The van der Waals surface area contributed by atoms with E-state index in [2.05, 4.69) is 24.0 Å². The van der Waals surface area contributed by atoms with E-state index < -0.39 is 10.0 Å². The summed E-state index contributed by atoms with van der Waals surface area (Å²) >= 11 is 0. The van der Waals surface area contributed by atoms with Gasteiger partial charge in [0.25, 0.3) is 0 Å². The molecule has 30 heavy (non-hydrogen) atoms. The Hall–Kier alpha value is -2.90. The lowest BCUT2D eigenvalue weighted by molar-refractivity contribution is 0.0997. The van der Waals surface area contributed by atoms with Crippen molar-refractivity contribution in [2.24, 2.45) is 5.14 Å². The average Bonchev–Trinajstić information content (AvgIpc) is 3.17. The van der Waals surface area contributed by atoms with E-state index in [1.54, 1.807) is 12.1 Å². The molecule has 1 aromatic heterocycles. The summed E-state index contributed by atoms with van der Waals surface area (Å²) in [5.41, 5.74) is 5.62. The highest BCUT2D eigenvalue weighted by Gasteiger charge is 2.28. The van der Waals surface area contributed by atoms with Gasteiger partial charge in [0.1, 0.15) is 0 Å². The highest BCUT2D eigenvalue weighted by atomic mass is 32.2. The molecule has 6 nitrogen and oxygen atoms in total. The van der Waals surface area contributed by atoms with Crippen LogP contribution in [0.4, 0.5) is 5.69 Å². The Labute approximate surface area is 177 Å². The van der Waals surface area contributed by atoms with Crippen LogP contribution in [0.1, 0.15) is 34.2 Å². The van der Waals surface area contributed by atoms with Crippen LogP contribution in [0.2, 0.25) is 0 Å². The lowest BCUT2D eigenvalue weighted by Gasteiger charge is -2.24. The molecule has 1 aliphatic heterocycles. The number of primary sulfonamides is 1. The first kappa shape index (κ1) is 20.4. The standard InChI is InChI=1S/C23H25N3O3S/c1-15-12-18-6-4-5-7-22(18)25(15)14-23(27)21-13-16(2)26(17(21)3)19-8-10-20(11-9-19)30(24,28)29/h4-11,13,15H,12,14H2,1-3H3,(H2,24,28,29). The van der Waals surface area contributed by atoms with E-state index in [1.807, 2.05) is 36.6 Å². The fourth-order valence-electron chi connectivity index (χ4n) is 4.34. The summed E-state index contributed by atoms with van der Waals surface area (Å²) in [7, 11) is -3.74. The highest BCUT2D eigenvalue weighted by molar-refractivity contribution is 7.89. The molecular weight excluding hydrogens is 398 g/mol. The normalized spacial score (nSPS) is 16.0. The van der Waals surface area contributed by atoms with E-state index in [1.165, 1.54) is 17.7 Å². The number of nitrogens with zero attached hydrogens (tertiary/aromatic N) is 2. The van der Waals surface area contributed by atoms with Crippen LogP contribution in [0.15, 0.2) is 59.5 Å². The number of rotatable bonds is 5. The molecule has 0 aliphatic carbocycles. The van der Waals surface area contributed by atoms with Crippen molar-refractivity contribution in [3.8, 4) is 5.69 Å². The van der Waals surface area contributed by atoms with Crippen molar-refractivity contribution in [2.75, 3.05) is 11.4 Å². The van der Waals surface area contributed by atoms with Gasteiger partial charge in [-0.3, -0.25) is 4.79 Å². The maximum atomic E-state index is 13.2. The number of Topliss-reactive ketones (excluding diaryl/α,β-unsaturated/α-hetero) is 1. The Morgan fingerprint density at radius 2 is 1.77 bits per heavy atom. The molecule has 2 heterocycles. The summed E-state index contributed by atoms with van der Waals surface area (Å²) in [6.07, 6.45) is 0.943. The number of sulfonamides is 1. The first-order chi connectivity index (χ1) is 14.2. The summed E-state index contributed by atoms with van der Waals surface area (Å²) in [5.74, 6) is 0.0686. The topological polar surface area (TPSA) is 85.4 Å². The number of carbonyl (C=O) groups excluding carboxylic acids is 1. The van der Waals surface area contributed by atoms with Crippen LogP contribution >= 0.6 is 0 Å². The van der Waals surface area contributed by atoms with E-state index in [0.29, 0.717) is 12.1 Å². The summed E-state index contributed by atoms with van der Waals surface area (Å²) in [6.45, 7) is 6.32. The Kier molecular flexibility index (Phi) is 5.03. The summed E-state index contributed by atoms with van der Waals surface area (Å²) in [6, 6.07) is 16.8. The van der Waals surface area contributed by atoms with Crippen LogP contribution < -0.4 is 10.0 Å². The fourth-order valence-corrected chi connectivity index (χ4v) is 4.85. The van der Waals surface area contributed by atoms with Gasteiger partial charge < -0.3 is 9.47 Å². The van der Waals surface area contributed by atoms with Gasteiger partial charge in [0.2, 0.25) is 10.0 Å². The lowest BCUT2D eigenvalue weighted by atomic mass is 10.1. The average molecular weight is 424 g/mol. The molecular formula is C23H25N3O3S. The van der Waals surface area contributed by atoms with Gasteiger partial charge >= 0.3 is 0 Å². The minimum Gasteiger partial charge on any atom is -0.361 e. The first-order valence-corrected chi connectivity index (χ1v) is 11.4. The van der Waals surface area contributed by atoms with Gasteiger partial charge in [-0.05, 0) is 69.2 Å². The van der Waals surface area contributed by atoms with Crippen molar-refractivity contribution in [3.05, 3.63) is 77.1 Å².